The molecule has 0 saturated carbocycles. The smallest absolute Gasteiger partial charge is 0.379 e. The fraction of sp³-hybridized carbons (Fsp3) is 0.400. The minimum Gasteiger partial charge on any atom is -0.379 e. The van der Waals surface area contributed by atoms with E-state index >= 15 is 0 Å². The van der Waals surface area contributed by atoms with Crippen molar-refractivity contribution < 1.29 is 35.5 Å². The van der Waals surface area contributed by atoms with Crippen LogP contribution in [0, 0.1) is 5.82 Å². The molecule has 2 aromatic rings. The van der Waals surface area contributed by atoms with Crippen LogP contribution in [0.3, 0.4) is 0 Å². The van der Waals surface area contributed by atoms with Crippen molar-refractivity contribution in [3.05, 3.63) is 71.0 Å². The Morgan fingerprint density at radius 2 is 1.31 bits per heavy atom. The second-order valence-corrected chi connectivity index (χ2v) is 6.41. The van der Waals surface area contributed by atoms with Gasteiger partial charge < -0.3 is 4.74 Å². The zero-order valence-corrected chi connectivity index (χ0v) is 15.4. The summed E-state index contributed by atoms with van der Waals surface area (Å²) < 4.78 is 93.5. The van der Waals surface area contributed by atoms with Crippen LogP contribution in [-0.4, -0.2) is 37.7 Å². The first-order chi connectivity index (χ1) is 13.6. The summed E-state index contributed by atoms with van der Waals surface area (Å²) in [4.78, 5) is 1.96. The molecule has 0 atom stereocenters. The molecule has 0 spiro atoms. The summed E-state index contributed by atoms with van der Waals surface area (Å²) in [6, 6.07) is 9.66. The van der Waals surface area contributed by atoms with Crippen LogP contribution >= 0.6 is 0 Å². The zero-order chi connectivity index (χ0) is 21.5. The van der Waals surface area contributed by atoms with Crippen molar-refractivity contribution in [2.24, 2.45) is 0 Å². The standard InChI is InChI=1S/C14H15F6NO.C6H5F/c15-13(16,17)11-7-10(8-12(9-11)14(18,19)20)1-2-21-3-5-22-6-4-21;7-6-4-2-1-3-5-6/h7-9H,1-6H2;1-5H. The number of hydrogen-bond acceptors (Lipinski definition) is 2. The molecule has 0 aliphatic carbocycles. The highest BCUT2D eigenvalue weighted by molar-refractivity contribution is 5.33. The van der Waals surface area contributed by atoms with E-state index in [1.807, 2.05) is 4.90 Å². The van der Waals surface area contributed by atoms with Gasteiger partial charge in [0.05, 0.1) is 24.3 Å². The number of halogens is 7. The number of hydrogen-bond donors (Lipinski definition) is 0. The molecule has 3 rings (SSSR count). The van der Waals surface area contributed by atoms with Crippen molar-refractivity contribution in [3.8, 4) is 0 Å². The minimum atomic E-state index is -4.80. The largest absolute Gasteiger partial charge is 0.416 e. The number of morpholine rings is 1. The van der Waals surface area contributed by atoms with Gasteiger partial charge in [0.25, 0.3) is 0 Å². The quantitative estimate of drug-likeness (QED) is 0.611. The van der Waals surface area contributed by atoms with Crippen molar-refractivity contribution in [1.29, 1.82) is 0 Å². The van der Waals surface area contributed by atoms with E-state index in [1.54, 1.807) is 18.2 Å². The van der Waals surface area contributed by atoms with Crippen molar-refractivity contribution >= 4 is 0 Å². The normalized spacial score (nSPS) is 15.6. The molecule has 2 nitrogen and oxygen atoms in total. The van der Waals surface area contributed by atoms with E-state index in [0.29, 0.717) is 32.8 Å². The van der Waals surface area contributed by atoms with Gasteiger partial charge in [0.1, 0.15) is 5.82 Å². The van der Waals surface area contributed by atoms with Gasteiger partial charge in [-0.05, 0) is 42.3 Å². The number of ether oxygens (including phenoxy) is 1. The highest BCUT2D eigenvalue weighted by atomic mass is 19.4. The Kier molecular flexibility index (Phi) is 8.04. The number of rotatable bonds is 3. The number of benzene rings is 2. The van der Waals surface area contributed by atoms with E-state index < -0.39 is 23.5 Å². The summed E-state index contributed by atoms with van der Waals surface area (Å²) >= 11 is 0. The maximum atomic E-state index is 12.7. The summed E-state index contributed by atoms with van der Waals surface area (Å²) in [5.41, 5.74) is -2.49. The first-order valence-electron chi connectivity index (χ1n) is 8.85. The molecule has 0 amide bonds. The maximum Gasteiger partial charge on any atom is 0.416 e. The molecule has 1 saturated heterocycles. The Morgan fingerprint density at radius 1 is 0.793 bits per heavy atom. The molecule has 1 aliphatic heterocycles. The van der Waals surface area contributed by atoms with Gasteiger partial charge in [0.2, 0.25) is 0 Å². The maximum absolute atomic E-state index is 12.7. The number of alkyl halides is 6. The SMILES string of the molecule is FC(F)(F)c1cc(CCN2CCOCC2)cc(C(F)(F)F)c1.Fc1ccccc1. The van der Waals surface area contributed by atoms with Gasteiger partial charge in [0, 0.05) is 19.6 Å². The first-order valence-corrected chi connectivity index (χ1v) is 8.85. The number of nitrogens with zero attached hydrogens (tertiary/aromatic N) is 1. The predicted molar refractivity (Wildman–Crippen MR) is 93.8 cm³/mol. The lowest BCUT2D eigenvalue weighted by Crippen LogP contribution is -2.37. The van der Waals surface area contributed by atoms with E-state index in [2.05, 4.69) is 0 Å². The molecule has 1 aliphatic rings. The third-order valence-corrected chi connectivity index (χ3v) is 4.20. The van der Waals surface area contributed by atoms with E-state index in [4.69, 9.17) is 4.74 Å². The lowest BCUT2D eigenvalue weighted by Gasteiger charge is -2.26. The van der Waals surface area contributed by atoms with Gasteiger partial charge >= 0.3 is 12.4 Å². The summed E-state index contributed by atoms with van der Waals surface area (Å²) in [6.45, 7) is 2.71. The van der Waals surface area contributed by atoms with Crippen LogP contribution in [0.25, 0.3) is 0 Å². The summed E-state index contributed by atoms with van der Waals surface area (Å²) in [6.07, 6.45) is -9.46. The lowest BCUT2D eigenvalue weighted by atomic mass is 10.0. The van der Waals surface area contributed by atoms with Gasteiger partial charge in [-0.1, -0.05) is 18.2 Å². The highest BCUT2D eigenvalue weighted by Gasteiger charge is 2.36. The van der Waals surface area contributed by atoms with Crippen molar-refractivity contribution in [3.63, 3.8) is 0 Å². The van der Waals surface area contributed by atoms with Crippen LogP contribution in [0.5, 0.6) is 0 Å². The van der Waals surface area contributed by atoms with Crippen molar-refractivity contribution in [1.82, 2.24) is 4.90 Å². The molecule has 0 unspecified atom stereocenters. The van der Waals surface area contributed by atoms with E-state index in [0.717, 1.165) is 12.1 Å². The highest BCUT2D eigenvalue weighted by Crippen LogP contribution is 2.36. The fourth-order valence-electron chi connectivity index (χ4n) is 2.69. The third kappa shape index (κ3) is 8.02. The molecule has 1 heterocycles. The van der Waals surface area contributed by atoms with Crippen LogP contribution in [-0.2, 0) is 23.5 Å². The second kappa shape index (κ2) is 10.1. The second-order valence-electron chi connectivity index (χ2n) is 6.41. The Morgan fingerprint density at radius 3 is 1.72 bits per heavy atom. The van der Waals surface area contributed by atoms with Gasteiger partial charge in [-0.25, -0.2) is 4.39 Å². The summed E-state index contributed by atoms with van der Waals surface area (Å²) in [7, 11) is 0. The predicted octanol–water partition coefficient (Wildman–Crippen LogP) is 5.42. The summed E-state index contributed by atoms with van der Waals surface area (Å²) in [5, 5.41) is 0. The molecule has 1 fully saturated rings. The van der Waals surface area contributed by atoms with Crippen LogP contribution in [0.2, 0.25) is 0 Å². The Labute approximate surface area is 163 Å². The summed E-state index contributed by atoms with van der Waals surface area (Å²) in [5.74, 6) is -0.178. The van der Waals surface area contributed by atoms with Crippen LogP contribution in [0.1, 0.15) is 16.7 Å². The zero-order valence-electron chi connectivity index (χ0n) is 15.4. The Hall–Kier alpha value is -2.13. The molecular weight excluding hydrogens is 403 g/mol. The molecule has 0 bridgehead atoms. The molecule has 160 valence electrons. The Bertz CT molecular complexity index is 721. The van der Waals surface area contributed by atoms with Crippen molar-refractivity contribution in [2.75, 3.05) is 32.8 Å². The van der Waals surface area contributed by atoms with E-state index in [1.165, 1.54) is 12.1 Å². The fourth-order valence-corrected chi connectivity index (χ4v) is 2.69. The van der Waals surface area contributed by atoms with Gasteiger partial charge in [0.15, 0.2) is 0 Å². The Balaban J connectivity index is 0.000000360. The van der Waals surface area contributed by atoms with Crippen LogP contribution in [0.15, 0.2) is 48.5 Å². The average Bonchev–Trinajstić information content (AvgIpc) is 2.67. The van der Waals surface area contributed by atoms with E-state index in [-0.39, 0.29) is 23.9 Å². The molecule has 9 heteroatoms. The molecule has 0 radical (unpaired) electrons. The molecule has 2 aromatic carbocycles. The van der Waals surface area contributed by atoms with Crippen molar-refractivity contribution in [2.45, 2.75) is 18.8 Å². The monoisotopic (exact) mass is 423 g/mol. The van der Waals surface area contributed by atoms with Crippen LogP contribution < -0.4 is 0 Å². The molecule has 29 heavy (non-hydrogen) atoms. The minimum absolute atomic E-state index is 0.0358. The topological polar surface area (TPSA) is 12.5 Å². The first kappa shape index (κ1) is 23.2. The third-order valence-electron chi connectivity index (χ3n) is 4.20. The molecule has 0 aromatic heterocycles. The van der Waals surface area contributed by atoms with Gasteiger partial charge in [-0.15, -0.1) is 0 Å². The van der Waals surface area contributed by atoms with Gasteiger partial charge in [-0.2, -0.15) is 26.3 Å². The van der Waals surface area contributed by atoms with Crippen LogP contribution in [0.4, 0.5) is 30.7 Å². The lowest BCUT2D eigenvalue weighted by molar-refractivity contribution is -0.143. The average molecular weight is 423 g/mol. The molecular formula is C20H20F7NO. The molecule has 0 N–H and O–H groups in total. The van der Waals surface area contributed by atoms with Gasteiger partial charge in [-0.3, -0.25) is 4.90 Å². The van der Waals surface area contributed by atoms with E-state index in [9.17, 15) is 30.7 Å².